The van der Waals surface area contributed by atoms with Gasteiger partial charge in [-0.1, -0.05) is 23.9 Å². The molecule has 2 aromatic rings. The molecule has 1 aromatic heterocycles. The van der Waals surface area contributed by atoms with Crippen LogP contribution < -0.4 is 9.47 Å². The monoisotopic (exact) mass is 292 g/mol. The molecule has 6 nitrogen and oxygen atoms in total. The van der Waals surface area contributed by atoms with Crippen LogP contribution in [0.1, 0.15) is 10.4 Å². The van der Waals surface area contributed by atoms with Crippen LogP contribution in [0, 0.1) is 0 Å². The second-order valence-corrected chi connectivity index (χ2v) is 4.41. The number of para-hydroxylation sites is 2. The van der Waals surface area contributed by atoms with Crippen molar-refractivity contribution in [2.75, 3.05) is 13.4 Å². The fourth-order valence-corrected chi connectivity index (χ4v) is 1.81. The molecule has 0 unspecified atom stereocenters. The standard InChI is InChI=1S/C13H12N2O4S/c1-18-9-5-3-4-6-10(9)19-11-8(12(16)17)7-14-13(15-11)20-2/h3-7H,1-2H3,(H,16,17). The molecule has 7 heteroatoms. The van der Waals surface area contributed by atoms with Gasteiger partial charge in [-0.15, -0.1) is 0 Å². The largest absolute Gasteiger partial charge is 0.493 e. The zero-order chi connectivity index (χ0) is 14.5. The fourth-order valence-electron chi connectivity index (χ4n) is 1.48. The van der Waals surface area contributed by atoms with Crippen molar-refractivity contribution >= 4 is 17.7 Å². The van der Waals surface area contributed by atoms with Gasteiger partial charge in [0.1, 0.15) is 5.56 Å². The van der Waals surface area contributed by atoms with E-state index in [1.54, 1.807) is 30.5 Å². The van der Waals surface area contributed by atoms with Gasteiger partial charge in [0.15, 0.2) is 16.7 Å². The summed E-state index contributed by atoms with van der Waals surface area (Å²) in [5.74, 6) is -0.277. The van der Waals surface area contributed by atoms with Gasteiger partial charge in [-0.05, 0) is 18.4 Å². The van der Waals surface area contributed by atoms with Gasteiger partial charge in [0, 0.05) is 6.20 Å². The molecule has 0 fully saturated rings. The third-order valence-electron chi connectivity index (χ3n) is 2.42. The van der Waals surface area contributed by atoms with Crippen LogP contribution >= 0.6 is 11.8 Å². The summed E-state index contributed by atoms with van der Waals surface area (Å²) in [4.78, 5) is 19.2. The van der Waals surface area contributed by atoms with Crippen LogP contribution in [0.3, 0.4) is 0 Å². The Morgan fingerprint density at radius 3 is 2.60 bits per heavy atom. The zero-order valence-corrected chi connectivity index (χ0v) is 11.7. The Kier molecular flexibility index (Phi) is 4.41. The number of carboxylic acids is 1. The minimum Gasteiger partial charge on any atom is -0.493 e. The van der Waals surface area contributed by atoms with Gasteiger partial charge >= 0.3 is 5.97 Å². The number of carboxylic acid groups (broad SMARTS) is 1. The van der Waals surface area contributed by atoms with Gasteiger partial charge in [-0.2, -0.15) is 4.98 Å². The molecular weight excluding hydrogens is 280 g/mol. The minimum absolute atomic E-state index is 0.0126. The van der Waals surface area contributed by atoms with Gasteiger partial charge in [0.05, 0.1) is 7.11 Å². The Balaban J connectivity index is 2.43. The number of hydrogen-bond donors (Lipinski definition) is 1. The van der Waals surface area contributed by atoms with Gasteiger partial charge in [-0.25, -0.2) is 9.78 Å². The lowest BCUT2D eigenvalue weighted by atomic mass is 10.3. The lowest BCUT2D eigenvalue weighted by Crippen LogP contribution is -2.04. The number of thioether (sulfide) groups is 1. The fraction of sp³-hybridized carbons (Fsp3) is 0.154. The van der Waals surface area contributed by atoms with Crippen LogP contribution in [-0.4, -0.2) is 34.4 Å². The van der Waals surface area contributed by atoms with Crippen LogP contribution in [0.4, 0.5) is 0 Å². The molecule has 20 heavy (non-hydrogen) atoms. The summed E-state index contributed by atoms with van der Waals surface area (Å²) in [6, 6.07) is 6.93. The Bertz CT molecular complexity index is 634. The first-order valence-electron chi connectivity index (χ1n) is 5.61. The molecule has 0 spiro atoms. The highest BCUT2D eigenvalue weighted by Crippen LogP contribution is 2.32. The highest BCUT2D eigenvalue weighted by atomic mass is 32.2. The molecule has 0 aliphatic rings. The number of carbonyl (C=O) groups is 1. The average molecular weight is 292 g/mol. The van der Waals surface area contributed by atoms with E-state index in [4.69, 9.17) is 14.6 Å². The summed E-state index contributed by atoms with van der Waals surface area (Å²) in [7, 11) is 1.51. The van der Waals surface area contributed by atoms with Gasteiger partial charge in [0.25, 0.3) is 0 Å². The molecule has 1 heterocycles. The van der Waals surface area contributed by atoms with Crippen molar-refractivity contribution < 1.29 is 19.4 Å². The molecule has 0 radical (unpaired) electrons. The Morgan fingerprint density at radius 1 is 1.30 bits per heavy atom. The maximum Gasteiger partial charge on any atom is 0.342 e. The van der Waals surface area contributed by atoms with E-state index in [0.29, 0.717) is 16.7 Å². The van der Waals surface area contributed by atoms with Gasteiger partial charge in [0.2, 0.25) is 5.88 Å². The third-order valence-corrected chi connectivity index (χ3v) is 2.98. The van der Waals surface area contributed by atoms with Crippen LogP contribution in [0.5, 0.6) is 17.4 Å². The average Bonchev–Trinajstić information content (AvgIpc) is 2.47. The summed E-state index contributed by atoms with van der Waals surface area (Å²) in [6.07, 6.45) is 3.02. The molecule has 0 bridgehead atoms. The molecule has 0 saturated carbocycles. The quantitative estimate of drug-likeness (QED) is 0.670. The number of aromatic nitrogens is 2. The molecular formula is C13H12N2O4S. The second kappa shape index (κ2) is 6.25. The van der Waals surface area contributed by atoms with Crippen LogP contribution in [0.15, 0.2) is 35.6 Å². The highest BCUT2D eigenvalue weighted by Gasteiger charge is 2.17. The van der Waals surface area contributed by atoms with Gasteiger partial charge in [-0.3, -0.25) is 0 Å². The van der Waals surface area contributed by atoms with Crippen molar-refractivity contribution in [2.24, 2.45) is 0 Å². The van der Waals surface area contributed by atoms with Crippen LogP contribution in [0.25, 0.3) is 0 Å². The summed E-state index contributed by atoms with van der Waals surface area (Å²) < 4.78 is 10.7. The molecule has 0 aliphatic carbocycles. The summed E-state index contributed by atoms with van der Waals surface area (Å²) >= 11 is 1.30. The molecule has 0 aliphatic heterocycles. The number of ether oxygens (including phenoxy) is 2. The van der Waals surface area contributed by atoms with Crippen molar-refractivity contribution in [3.05, 3.63) is 36.0 Å². The first-order chi connectivity index (χ1) is 9.65. The maximum absolute atomic E-state index is 11.2. The van der Waals surface area contributed by atoms with E-state index in [-0.39, 0.29) is 11.4 Å². The second-order valence-electron chi connectivity index (χ2n) is 3.63. The molecule has 0 atom stereocenters. The molecule has 1 aromatic carbocycles. The van der Waals surface area contributed by atoms with E-state index >= 15 is 0 Å². The number of aromatic carboxylic acids is 1. The number of nitrogens with zero attached hydrogens (tertiary/aromatic N) is 2. The molecule has 104 valence electrons. The summed E-state index contributed by atoms with van der Waals surface area (Å²) in [5, 5.41) is 9.57. The van der Waals surface area contributed by atoms with E-state index in [0.717, 1.165) is 0 Å². The minimum atomic E-state index is -1.15. The van der Waals surface area contributed by atoms with Crippen molar-refractivity contribution in [2.45, 2.75) is 5.16 Å². The highest BCUT2D eigenvalue weighted by molar-refractivity contribution is 7.98. The van der Waals surface area contributed by atoms with E-state index in [2.05, 4.69) is 9.97 Å². The predicted molar refractivity (Wildman–Crippen MR) is 73.8 cm³/mol. The lowest BCUT2D eigenvalue weighted by Gasteiger charge is -2.11. The third kappa shape index (κ3) is 3.00. The zero-order valence-electron chi connectivity index (χ0n) is 10.9. The van der Waals surface area contributed by atoms with Crippen LogP contribution in [0.2, 0.25) is 0 Å². The topological polar surface area (TPSA) is 81.5 Å². The number of methoxy groups -OCH3 is 1. The van der Waals surface area contributed by atoms with Crippen LogP contribution in [-0.2, 0) is 0 Å². The van der Waals surface area contributed by atoms with E-state index in [1.165, 1.54) is 25.1 Å². The Morgan fingerprint density at radius 2 is 2.00 bits per heavy atom. The smallest absolute Gasteiger partial charge is 0.342 e. The maximum atomic E-state index is 11.2. The normalized spacial score (nSPS) is 10.1. The van der Waals surface area contributed by atoms with E-state index < -0.39 is 5.97 Å². The van der Waals surface area contributed by atoms with Crippen molar-refractivity contribution in [1.29, 1.82) is 0 Å². The first kappa shape index (κ1) is 14.1. The number of hydrogen-bond acceptors (Lipinski definition) is 6. The van der Waals surface area contributed by atoms with Crippen molar-refractivity contribution in [3.63, 3.8) is 0 Å². The first-order valence-corrected chi connectivity index (χ1v) is 6.83. The van der Waals surface area contributed by atoms with Gasteiger partial charge < -0.3 is 14.6 Å². The number of rotatable bonds is 5. The molecule has 1 N–H and O–H groups in total. The number of benzene rings is 1. The Labute approximate surface area is 119 Å². The van der Waals surface area contributed by atoms with Crippen molar-refractivity contribution in [1.82, 2.24) is 9.97 Å². The predicted octanol–water partition coefficient (Wildman–Crippen LogP) is 2.70. The van der Waals surface area contributed by atoms with Crippen molar-refractivity contribution in [3.8, 4) is 17.4 Å². The Hall–Kier alpha value is -2.28. The molecule has 0 saturated heterocycles. The van der Waals surface area contributed by atoms with E-state index in [1.807, 2.05) is 0 Å². The SMILES string of the molecule is COc1ccccc1Oc1nc(SC)ncc1C(=O)O. The summed E-state index contributed by atoms with van der Waals surface area (Å²) in [6.45, 7) is 0. The molecule has 2 rings (SSSR count). The van der Waals surface area contributed by atoms with E-state index in [9.17, 15) is 4.79 Å². The summed E-state index contributed by atoms with van der Waals surface area (Å²) in [5.41, 5.74) is -0.103. The molecule has 0 amide bonds. The lowest BCUT2D eigenvalue weighted by molar-refractivity contribution is 0.0692.